The van der Waals surface area contributed by atoms with Crippen LogP contribution in [0, 0.1) is 0 Å². The van der Waals surface area contributed by atoms with Crippen molar-refractivity contribution in [3.05, 3.63) is 52.6 Å². The lowest BCUT2D eigenvalue weighted by Crippen LogP contribution is -2.19. The highest BCUT2D eigenvalue weighted by molar-refractivity contribution is 7.80. The van der Waals surface area contributed by atoms with Crippen LogP contribution in [0.15, 0.2) is 42.6 Å². The van der Waals surface area contributed by atoms with Crippen LogP contribution in [-0.4, -0.2) is 10.1 Å². The smallest absolute Gasteiger partial charge is 0.176 e. The van der Waals surface area contributed by atoms with Crippen molar-refractivity contribution in [2.24, 2.45) is 0 Å². The topological polar surface area (TPSA) is 37.0 Å². The average molecular weight is 298 g/mol. The van der Waals surface area contributed by atoms with E-state index in [0.29, 0.717) is 21.0 Å². The van der Waals surface area contributed by atoms with E-state index in [2.05, 4.69) is 15.6 Å². The standard InChI is InChI=1S/C12H9Cl2N3S/c13-8-1-4-10(5-2-8)16-12(18)17-11-6-3-9(14)7-15-11/h1-7H,(H2,15,16,17,18). The van der Waals surface area contributed by atoms with Crippen molar-refractivity contribution in [1.82, 2.24) is 4.98 Å². The van der Waals surface area contributed by atoms with Crippen molar-refractivity contribution in [3.63, 3.8) is 0 Å². The van der Waals surface area contributed by atoms with Crippen LogP contribution in [0.3, 0.4) is 0 Å². The predicted molar refractivity (Wildman–Crippen MR) is 80.5 cm³/mol. The Morgan fingerprint density at radius 1 is 0.944 bits per heavy atom. The summed E-state index contributed by atoms with van der Waals surface area (Å²) in [7, 11) is 0. The summed E-state index contributed by atoms with van der Waals surface area (Å²) < 4.78 is 0. The fourth-order valence-electron chi connectivity index (χ4n) is 1.26. The van der Waals surface area contributed by atoms with Crippen molar-refractivity contribution in [2.75, 3.05) is 10.6 Å². The van der Waals surface area contributed by atoms with Crippen molar-refractivity contribution in [2.45, 2.75) is 0 Å². The first kappa shape index (κ1) is 13.1. The van der Waals surface area contributed by atoms with Crippen LogP contribution in [0.4, 0.5) is 11.5 Å². The number of hydrogen-bond acceptors (Lipinski definition) is 2. The molecule has 2 aromatic rings. The van der Waals surface area contributed by atoms with E-state index in [0.717, 1.165) is 5.69 Å². The van der Waals surface area contributed by atoms with Crippen LogP contribution in [-0.2, 0) is 0 Å². The van der Waals surface area contributed by atoms with Gasteiger partial charge < -0.3 is 10.6 Å². The summed E-state index contributed by atoms with van der Waals surface area (Å²) in [6.07, 6.45) is 1.55. The Morgan fingerprint density at radius 2 is 1.61 bits per heavy atom. The molecule has 0 fully saturated rings. The number of pyridine rings is 1. The second kappa shape index (κ2) is 6.00. The summed E-state index contributed by atoms with van der Waals surface area (Å²) >= 11 is 16.7. The highest BCUT2D eigenvalue weighted by Gasteiger charge is 2.00. The molecule has 18 heavy (non-hydrogen) atoms. The van der Waals surface area contributed by atoms with Gasteiger partial charge in [-0.25, -0.2) is 4.98 Å². The van der Waals surface area contributed by atoms with Crippen LogP contribution in [0.2, 0.25) is 10.0 Å². The number of hydrogen-bond donors (Lipinski definition) is 2. The van der Waals surface area contributed by atoms with E-state index < -0.39 is 0 Å². The molecular formula is C12H9Cl2N3S. The first-order valence-electron chi connectivity index (χ1n) is 5.08. The zero-order valence-electron chi connectivity index (χ0n) is 9.15. The van der Waals surface area contributed by atoms with Gasteiger partial charge in [0.25, 0.3) is 0 Å². The molecule has 2 rings (SSSR count). The van der Waals surface area contributed by atoms with Crippen LogP contribution < -0.4 is 10.6 Å². The summed E-state index contributed by atoms with van der Waals surface area (Å²) in [5.74, 6) is 0.630. The fourth-order valence-corrected chi connectivity index (χ4v) is 1.72. The van der Waals surface area contributed by atoms with Crippen molar-refractivity contribution in [1.29, 1.82) is 0 Å². The van der Waals surface area contributed by atoms with Gasteiger partial charge in [-0.3, -0.25) is 0 Å². The molecule has 0 aliphatic heterocycles. The van der Waals surface area contributed by atoms with Crippen LogP contribution >= 0.6 is 35.4 Å². The van der Waals surface area contributed by atoms with Gasteiger partial charge in [-0.05, 0) is 48.6 Å². The molecule has 0 unspecified atom stereocenters. The van der Waals surface area contributed by atoms with Crippen molar-refractivity contribution in [3.8, 4) is 0 Å². The molecule has 6 heteroatoms. The Bertz CT molecular complexity index is 491. The van der Waals surface area contributed by atoms with E-state index in [-0.39, 0.29) is 0 Å². The Balaban J connectivity index is 1.96. The Hall–Kier alpha value is -1.36. The van der Waals surface area contributed by atoms with Gasteiger partial charge in [0.05, 0.1) is 5.02 Å². The number of benzene rings is 1. The van der Waals surface area contributed by atoms with Gasteiger partial charge in [-0.2, -0.15) is 0 Å². The Kier molecular flexibility index (Phi) is 4.36. The van der Waals surface area contributed by atoms with Gasteiger partial charge in [0.2, 0.25) is 0 Å². The summed E-state index contributed by atoms with van der Waals surface area (Å²) in [5.41, 5.74) is 0.853. The molecule has 0 radical (unpaired) electrons. The van der Waals surface area contributed by atoms with E-state index in [4.69, 9.17) is 35.4 Å². The molecule has 0 saturated heterocycles. The summed E-state index contributed by atoms with van der Waals surface area (Å²) in [6, 6.07) is 10.7. The first-order valence-corrected chi connectivity index (χ1v) is 6.25. The van der Waals surface area contributed by atoms with Gasteiger partial charge in [-0.15, -0.1) is 0 Å². The lowest BCUT2D eigenvalue weighted by atomic mass is 10.3. The van der Waals surface area contributed by atoms with E-state index in [9.17, 15) is 0 Å². The summed E-state index contributed by atoms with van der Waals surface area (Å²) in [4.78, 5) is 4.08. The van der Waals surface area contributed by atoms with E-state index in [1.807, 2.05) is 12.1 Å². The van der Waals surface area contributed by atoms with Crippen LogP contribution in [0.5, 0.6) is 0 Å². The molecule has 3 nitrogen and oxygen atoms in total. The van der Waals surface area contributed by atoms with Gasteiger partial charge in [0.15, 0.2) is 5.11 Å². The normalized spacial score (nSPS) is 9.89. The van der Waals surface area contributed by atoms with Gasteiger partial charge in [-0.1, -0.05) is 23.2 Å². The van der Waals surface area contributed by atoms with Gasteiger partial charge in [0, 0.05) is 16.9 Å². The lowest BCUT2D eigenvalue weighted by molar-refractivity contribution is 1.32. The predicted octanol–water partition coefficient (Wildman–Crippen LogP) is 4.20. The van der Waals surface area contributed by atoms with Crippen molar-refractivity contribution < 1.29 is 0 Å². The molecule has 0 amide bonds. The zero-order chi connectivity index (χ0) is 13.0. The second-order valence-corrected chi connectivity index (χ2v) is 4.73. The fraction of sp³-hybridized carbons (Fsp3) is 0. The highest BCUT2D eigenvalue weighted by Crippen LogP contribution is 2.14. The quantitative estimate of drug-likeness (QED) is 0.815. The largest absolute Gasteiger partial charge is 0.332 e. The molecule has 92 valence electrons. The number of nitrogens with zero attached hydrogens (tertiary/aromatic N) is 1. The minimum Gasteiger partial charge on any atom is -0.332 e. The number of thiocarbonyl (C=S) groups is 1. The van der Waals surface area contributed by atoms with Crippen LogP contribution in [0.25, 0.3) is 0 Å². The monoisotopic (exact) mass is 297 g/mol. The van der Waals surface area contributed by atoms with Crippen LogP contribution in [0.1, 0.15) is 0 Å². The molecule has 0 aliphatic carbocycles. The SMILES string of the molecule is S=C(Nc1ccc(Cl)cc1)Nc1ccc(Cl)cn1. The lowest BCUT2D eigenvalue weighted by Gasteiger charge is -2.09. The van der Waals surface area contributed by atoms with E-state index in [1.54, 1.807) is 30.5 Å². The molecule has 0 atom stereocenters. The summed E-state index contributed by atoms with van der Waals surface area (Å²) in [5, 5.41) is 7.68. The molecule has 1 aromatic heterocycles. The van der Waals surface area contributed by atoms with E-state index >= 15 is 0 Å². The highest BCUT2D eigenvalue weighted by atomic mass is 35.5. The number of aromatic nitrogens is 1. The third-order valence-corrected chi connectivity index (χ3v) is 2.75. The minimum absolute atomic E-state index is 0.451. The number of anilines is 2. The molecule has 2 N–H and O–H groups in total. The van der Waals surface area contributed by atoms with Crippen molar-refractivity contribution >= 4 is 52.0 Å². The Morgan fingerprint density at radius 3 is 2.22 bits per heavy atom. The third-order valence-electron chi connectivity index (χ3n) is 2.07. The molecule has 0 saturated carbocycles. The number of nitrogens with one attached hydrogen (secondary N) is 2. The third kappa shape index (κ3) is 3.84. The van der Waals surface area contributed by atoms with Gasteiger partial charge in [0.1, 0.15) is 5.82 Å². The molecule has 1 aromatic carbocycles. The zero-order valence-corrected chi connectivity index (χ0v) is 11.5. The molecule has 0 aliphatic rings. The molecule has 0 bridgehead atoms. The maximum absolute atomic E-state index is 5.79. The average Bonchev–Trinajstić information content (AvgIpc) is 2.35. The van der Waals surface area contributed by atoms with Gasteiger partial charge >= 0.3 is 0 Å². The summed E-state index contributed by atoms with van der Waals surface area (Å²) in [6.45, 7) is 0. The number of rotatable bonds is 2. The molecular weight excluding hydrogens is 289 g/mol. The Labute approximate surface area is 120 Å². The second-order valence-electron chi connectivity index (χ2n) is 3.45. The molecule has 0 spiro atoms. The molecule has 1 heterocycles. The number of halogens is 2. The maximum Gasteiger partial charge on any atom is 0.176 e. The minimum atomic E-state index is 0.451. The first-order chi connectivity index (χ1) is 8.63. The maximum atomic E-state index is 5.79. The van der Waals surface area contributed by atoms with E-state index in [1.165, 1.54) is 0 Å².